The number of hydrogen-bond donors (Lipinski definition) is 0. The van der Waals surface area contributed by atoms with Crippen molar-refractivity contribution in [3.05, 3.63) is 242 Å². The summed E-state index contributed by atoms with van der Waals surface area (Å²) in [7, 11) is 0. The Hall–Kier alpha value is -9.03. The van der Waals surface area contributed by atoms with Crippen molar-refractivity contribution in [2.45, 2.75) is 0 Å². The van der Waals surface area contributed by atoms with E-state index in [2.05, 4.69) is 228 Å². The normalized spacial score (nSPS) is 11.9. The molecule has 0 atom stereocenters. The third-order valence-electron chi connectivity index (χ3n) is 14.3. The van der Waals surface area contributed by atoms with Gasteiger partial charge in [0.1, 0.15) is 0 Å². The fraction of sp³-hybridized carbons (Fsp3) is 0. The lowest BCUT2D eigenvalue weighted by atomic mass is 9.85. The average molecular weight is 847 g/mol. The van der Waals surface area contributed by atoms with E-state index < -0.39 is 0 Å². The van der Waals surface area contributed by atoms with Crippen LogP contribution >= 0.6 is 0 Å². The Morgan fingerprint density at radius 3 is 1.54 bits per heavy atom. The summed E-state index contributed by atoms with van der Waals surface area (Å²) < 4.78 is 2.45. The molecule has 0 radical (unpaired) electrons. The number of rotatable bonds is 4. The van der Waals surface area contributed by atoms with Gasteiger partial charge in [0.25, 0.3) is 0 Å². The molecule has 0 saturated carbocycles. The first-order valence-corrected chi connectivity index (χ1v) is 22.9. The topological polar surface area (TPSA) is 9.29 Å². The zero-order valence-corrected chi connectivity index (χ0v) is 36.3. The molecule has 1 heterocycles. The van der Waals surface area contributed by atoms with E-state index in [0.29, 0.717) is 5.69 Å². The molecule has 0 saturated heterocycles. The Morgan fingerprint density at radius 1 is 0.284 bits per heavy atom. The molecule has 0 N–H and O–H groups in total. The van der Waals surface area contributed by atoms with Gasteiger partial charge in [-0.15, -0.1) is 0 Å². The minimum atomic E-state index is 0.660. The lowest BCUT2D eigenvalue weighted by molar-refractivity contribution is 1.18. The van der Waals surface area contributed by atoms with E-state index in [0.717, 1.165) is 16.5 Å². The molecule has 2 nitrogen and oxygen atoms in total. The van der Waals surface area contributed by atoms with E-state index in [1.165, 1.54) is 120 Å². The Bertz CT molecular complexity index is 4380. The summed E-state index contributed by atoms with van der Waals surface area (Å²) in [5, 5.41) is 19.8. The average Bonchev–Trinajstić information content (AvgIpc) is 3.75. The molecule has 0 fully saturated rings. The molecule has 0 aliphatic heterocycles. The standard InChI is InChI=1S/C65H38N2/c1-66-47-31-28-42-37-46(27-26-43(42)38-47)62-55-24-11-9-22-53(55)61(54-23-10-12-25-56(54)62)45-16-13-15-41(36-45)44-29-32-51-57-33-35-60-65(63(57)52-21-8-7-20-50(52)58(51)39-44)64-49-19-6-5-14-40(49)30-34-59(64)67(60)48-17-3-2-4-18-48/h2-39H. The second-order valence-electron chi connectivity index (χ2n) is 17.8. The van der Waals surface area contributed by atoms with E-state index >= 15 is 0 Å². The Morgan fingerprint density at radius 2 is 0.791 bits per heavy atom. The van der Waals surface area contributed by atoms with Gasteiger partial charge in [0.2, 0.25) is 0 Å². The zero-order valence-electron chi connectivity index (χ0n) is 36.3. The van der Waals surface area contributed by atoms with Crippen LogP contribution in [-0.4, -0.2) is 4.57 Å². The molecule has 0 aliphatic rings. The Labute approximate surface area is 386 Å². The fourth-order valence-electron chi connectivity index (χ4n) is 11.4. The van der Waals surface area contributed by atoms with Crippen molar-refractivity contribution >= 4 is 103 Å². The van der Waals surface area contributed by atoms with Gasteiger partial charge in [0.15, 0.2) is 5.69 Å². The predicted molar refractivity (Wildman–Crippen MR) is 286 cm³/mol. The molecule has 308 valence electrons. The van der Waals surface area contributed by atoms with Crippen LogP contribution in [0.15, 0.2) is 231 Å². The van der Waals surface area contributed by atoms with Crippen molar-refractivity contribution in [3.63, 3.8) is 0 Å². The van der Waals surface area contributed by atoms with Crippen molar-refractivity contribution in [2.24, 2.45) is 0 Å². The molecule has 14 rings (SSSR count). The van der Waals surface area contributed by atoms with E-state index in [1.807, 2.05) is 12.1 Å². The van der Waals surface area contributed by atoms with Crippen molar-refractivity contribution in [2.75, 3.05) is 0 Å². The van der Waals surface area contributed by atoms with Gasteiger partial charge in [-0.1, -0.05) is 182 Å². The van der Waals surface area contributed by atoms with Crippen LogP contribution in [0.4, 0.5) is 5.69 Å². The summed E-state index contributed by atoms with van der Waals surface area (Å²) in [6.45, 7) is 7.53. The third kappa shape index (κ3) is 5.56. The van der Waals surface area contributed by atoms with E-state index in [9.17, 15) is 0 Å². The maximum absolute atomic E-state index is 7.53. The molecule has 2 heteroatoms. The van der Waals surface area contributed by atoms with Gasteiger partial charge in [0.05, 0.1) is 17.6 Å². The summed E-state index contributed by atoms with van der Waals surface area (Å²) in [4.78, 5) is 3.67. The molecule has 0 amide bonds. The van der Waals surface area contributed by atoms with Gasteiger partial charge < -0.3 is 4.57 Å². The zero-order chi connectivity index (χ0) is 44.2. The summed E-state index contributed by atoms with van der Waals surface area (Å²) in [5.41, 5.74) is 11.4. The summed E-state index contributed by atoms with van der Waals surface area (Å²) in [5.74, 6) is 0. The monoisotopic (exact) mass is 846 g/mol. The van der Waals surface area contributed by atoms with Gasteiger partial charge in [-0.25, -0.2) is 4.85 Å². The second-order valence-corrected chi connectivity index (χ2v) is 17.8. The molecule has 67 heavy (non-hydrogen) atoms. The van der Waals surface area contributed by atoms with Crippen LogP contribution in [0.1, 0.15) is 0 Å². The number of benzene rings is 13. The van der Waals surface area contributed by atoms with E-state index in [-0.39, 0.29) is 0 Å². The van der Waals surface area contributed by atoms with Crippen molar-refractivity contribution in [3.8, 4) is 39.1 Å². The number of para-hydroxylation sites is 1. The molecule has 0 aliphatic carbocycles. The fourth-order valence-corrected chi connectivity index (χ4v) is 11.4. The first kappa shape index (κ1) is 37.4. The smallest absolute Gasteiger partial charge is 0.187 e. The highest BCUT2D eigenvalue weighted by Crippen LogP contribution is 2.48. The van der Waals surface area contributed by atoms with Gasteiger partial charge >= 0.3 is 0 Å². The van der Waals surface area contributed by atoms with Crippen LogP contribution in [0.5, 0.6) is 0 Å². The highest BCUT2D eigenvalue weighted by molar-refractivity contribution is 6.38. The largest absolute Gasteiger partial charge is 0.309 e. The number of fused-ring (bicyclic) bond motifs is 15. The number of aromatic nitrogens is 1. The third-order valence-corrected chi connectivity index (χ3v) is 14.3. The molecule has 0 spiro atoms. The van der Waals surface area contributed by atoms with Gasteiger partial charge in [-0.05, 0) is 152 Å². The highest BCUT2D eigenvalue weighted by Gasteiger charge is 2.21. The molecule has 0 bridgehead atoms. The minimum Gasteiger partial charge on any atom is -0.309 e. The van der Waals surface area contributed by atoms with Crippen molar-refractivity contribution in [1.82, 2.24) is 4.57 Å². The Balaban J connectivity index is 0.979. The maximum Gasteiger partial charge on any atom is 0.187 e. The van der Waals surface area contributed by atoms with Crippen LogP contribution < -0.4 is 0 Å². The summed E-state index contributed by atoms with van der Waals surface area (Å²) in [6, 6.07) is 84.5. The molecule has 13 aromatic carbocycles. The predicted octanol–water partition coefficient (Wildman–Crippen LogP) is 18.4. The first-order valence-electron chi connectivity index (χ1n) is 22.9. The SMILES string of the molecule is [C-]#[N+]c1ccc2cc(-c3c4ccccc4c(-c4cccc(-c5ccc6c(c5)c5ccccc5c5c6ccc6c5c5c7ccccc7ccc5n6-c5ccccc5)c4)c4ccccc34)ccc2c1. The van der Waals surface area contributed by atoms with Crippen LogP contribution in [-0.2, 0) is 0 Å². The van der Waals surface area contributed by atoms with Crippen LogP contribution in [0.25, 0.3) is 141 Å². The number of nitrogens with zero attached hydrogens (tertiary/aromatic N) is 2. The molecule has 0 unspecified atom stereocenters. The van der Waals surface area contributed by atoms with E-state index in [4.69, 9.17) is 6.57 Å². The van der Waals surface area contributed by atoms with E-state index in [1.54, 1.807) is 0 Å². The Kier molecular flexibility index (Phi) is 8.08. The lowest BCUT2D eigenvalue weighted by Gasteiger charge is -2.18. The molecular formula is C65H38N2. The summed E-state index contributed by atoms with van der Waals surface area (Å²) in [6.07, 6.45) is 0. The number of hydrogen-bond acceptors (Lipinski definition) is 0. The van der Waals surface area contributed by atoms with Gasteiger partial charge in [-0.2, -0.15) is 0 Å². The lowest BCUT2D eigenvalue weighted by Crippen LogP contribution is -1.93. The van der Waals surface area contributed by atoms with Gasteiger partial charge in [-0.3, -0.25) is 0 Å². The van der Waals surface area contributed by atoms with Crippen LogP contribution in [0.2, 0.25) is 0 Å². The van der Waals surface area contributed by atoms with Crippen LogP contribution in [0, 0.1) is 6.57 Å². The molecule has 14 aromatic rings. The second kappa shape index (κ2) is 14.5. The maximum atomic E-state index is 7.53. The minimum absolute atomic E-state index is 0.660. The van der Waals surface area contributed by atoms with Gasteiger partial charge in [0, 0.05) is 21.8 Å². The summed E-state index contributed by atoms with van der Waals surface area (Å²) >= 11 is 0. The molecule has 1 aromatic heterocycles. The molecular weight excluding hydrogens is 809 g/mol. The van der Waals surface area contributed by atoms with Crippen molar-refractivity contribution < 1.29 is 0 Å². The quantitative estimate of drug-likeness (QED) is 0.0948. The first-order chi connectivity index (χ1) is 33.2. The van der Waals surface area contributed by atoms with Crippen molar-refractivity contribution in [1.29, 1.82) is 0 Å². The van der Waals surface area contributed by atoms with Crippen LogP contribution in [0.3, 0.4) is 0 Å². The highest BCUT2D eigenvalue weighted by atomic mass is 15.0.